The second-order valence-electron chi connectivity index (χ2n) is 4.27. The fraction of sp³-hybridized carbons (Fsp3) is 0.917. The molecule has 0 saturated heterocycles. The number of carbonyl (C=O) groups excluding carboxylic acids is 1. The predicted octanol–water partition coefficient (Wildman–Crippen LogP) is 2.58. The second kappa shape index (κ2) is 8.07. The van der Waals surface area contributed by atoms with E-state index in [2.05, 4.69) is 22.9 Å². The van der Waals surface area contributed by atoms with Crippen molar-refractivity contribution in [1.29, 1.82) is 0 Å². The molecule has 1 rings (SSSR count). The Kier molecular flexibility index (Phi) is 7.05. The molecule has 0 aromatic heterocycles. The van der Waals surface area contributed by atoms with Gasteiger partial charge in [-0.05, 0) is 19.3 Å². The van der Waals surface area contributed by atoms with Crippen molar-refractivity contribution in [1.82, 2.24) is 4.90 Å². The summed E-state index contributed by atoms with van der Waals surface area (Å²) in [7, 11) is 0. The lowest BCUT2D eigenvalue weighted by Gasteiger charge is -2.28. The van der Waals surface area contributed by atoms with Crippen molar-refractivity contribution in [3.05, 3.63) is 0 Å². The average Bonchev–Trinajstić information content (AvgIpc) is 2.79. The SMILES string of the molecule is CCCOCC(=O)N(CCBr)C1CCCC1. The molecule has 0 aromatic carbocycles. The summed E-state index contributed by atoms with van der Waals surface area (Å²) >= 11 is 3.41. The molecule has 3 nitrogen and oxygen atoms in total. The van der Waals surface area contributed by atoms with Gasteiger partial charge in [-0.1, -0.05) is 35.7 Å². The maximum absolute atomic E-state index is 12.0. The summed E-state index contributed by atoms with van der Waals surface area (Å²) in [5.41, 5.74) is 0. The third kappa shape index (κ3) is 4.42. The number of nitrogens with zero attached hydrogens (tertiary/aromatic N) is 1. The van der Waals surface area contributed by atoms with E-state index in [0.717, 1.165) is 31.1 Å². The zero-order chi connectivity index (χ0) is 11.8. The number of rotatable bonds is 7. The molecule has 0 aromatic rings. The van der Waals surface area contributed by atoms with Crippen LogP contribution in [0, 0.1) is 0 Å². The summed E-state index contributed by atoms with van der Waals surface area (Å²) in [6, 6.07) is 0.454. The standard InChI is InChI=1S/C12H22BrNO2/c1-2-9-16-10-12(15)14(8-7-13)11-5-3-4-6-11/h11H,2-10H2,1H3. The van der Waals surface area contributed by atoms with E-state index in [1.165, 1.54) is 12.8 Å². The first-order valence-electron chi connectivity index (χ1n) is 6.22. The van der Waals surface area contributed by atoms with E-state index in [9.17, 15) is 4.79 Å². The molecule has 1 fully saturated rings. The van der Waals surface area contributed by atoms with Crippen LogP contribution in [-0.4, -0.2) is 41.9 Å². The van der Waals surface area contributed by atoms with Crippen molar-refractivity contribution >= 4 is 21.8 Å². The second-order valence-corrected chi connectivity index (χ2v) is 5.06. The summed E-state index contributed by atoms with van der Waals surface area (Å²) in [5.74, 6) is 0.153. The first-order chi connectivity index (χ1) is 7.79. The third-order valence-corrected chi connectivity index (χ3v) is 3.34. The Morgan fingerprint density at radius 3 is 2.69 bits per heavy atom. The van der Waals surface area contributed by atoms with Gasteiger partial charge in [0, 0.05) is 24.5 Å². The van der Waals surface area contributed by atoms with Gasteiger partial charge in [0.25, 0.3) is 0 Å². The van der Waals surface area contributed by atoms with Crippen molar-refractivity contribution in [3.63, 3.8) is 0 Å². The van der Waals surface area contributed by atoms with Crippen LogP contribution in [0.2, 0.25) is 0 Å². The van der Waals surface area contributed by atoms with Crippen molar-refractivity contribution in [2.75, 3.05) is 25.1 Å². The highest BCUT2D eigenvalue weighted by molar-refractivity contribution is 9.09. The molecule has 0 spiro atoms. The average molecular weight is 292 g/mol. The lowest BCUT2D eigenvalue weighted by Crippen LogP contribution is -2.42. The molecule has 0 atom stereocenters. The quantitative estimate of drug-likeness (QED) is 0.533. The Morgan fingerprint density at radius 2 is 2.12 bits per heavy atom. The van der Waals surface area contributed by atoms with Gasteiger partial charge in [0.05, 0.1) is 0 Å². The largest absolute Gasteiger partial charge is 0.372 e. The Balaban J connectivity index is 2.38. The highest BCUT2D eigenvalue weighted by atomic mass is 79.9. The number of hydrogen-bond donors (Lipinski definition) is 0. The van der Waals surface area contributed by atoms with Gasteiger partial charge in [0.2, 0.25) is 5.91 Å². The molecular formula is C12H22BrNO2. The predicted molar refractivity (Wildman–Crippen MR) is 68.9 cm³/mol. The van der Waals surface area contributed by atoms with Crippen LogP contribution in [0.5, 0.6) is 0 Å². The summed E-state index contributed by atoms with van der Waals surface area (Å²) in [4.78, 5) is 14.0. The van der Waals surface area contributed by atoms with Crippen molar-refractivity contribution in [3.8, 4) is 0 Å². The number of alkyl halides is 1. The van der Waals surface area contributed by atoms with Crippen LogP contribution in [0.25, 0.3) is 0 Å². The molecule has 16 heavy (non-hydrogen) atoms. The van der Waals surface area contributed by atoms with E-state index in [-0.39, 0.29) is 12.5 Å². The fourth-order valence-electron chi connectivity index (χ4n) is 2.20. The van der Waals surface area contributed by atoms with E-state index in [4.69, 9.17) is 4.74 Å². The molecule has 0 bridgehead atoms. The zero-order valence-corrected chi connectivity index (χ0v) is 11.7. The van der Waals surface area contributed by atoms with E-state index >= 15 is 0 Å². The van der Waals surface area contributed by atoms with Crippen molar-refractivity contribution in [2.24, 2.45) is 0 Å². The molecule has 1 saturated carbocycles. The highest BCUT2D eigenvalue weighted by Gasteiger charge is 2.25. The first kappa shape index (κ1) is 14.0. The summed E-state index contributed by atoms with van der Waals surface area (Å²) in [6.45, 7) is 3.78. The Bertz CT molecular complexity index is 205. The number of hydrogen-bond acceptors (Lipinski definition) is 2. The van der Waals surface area contributed by atoms with Crippen LogP contribution in [-0.2, 0) is 9.53 Å². The van der Waals surface area contributed by atoms with Crippen LogP contribution >= 0.6 is 15.9 Å². The Morgan fingerprint density at radius 1 is 1.44 bits per heavy atom. The van der Waals surface area contributed by atoms with Gasteiger partial charge >= 0.3 is 0 Å². The number of halogens is 1. The molecule has 0 radical (unpaired) electrons. The molecule has 0 aliphatic heterocycles. The lowest BCUT2D eigenvalue weighted by atomic mass is 10.2. The van der Waals surface area contributed by atoms with Gasteiger partial charge in [-0.2, -0.15) is 0 Å². The van der Waals surface area contributed by atoms with E-state index in [1.54, 1.807) is 0 Å². The Hall–Kier alpha value is -0.0900. The van der Waals surface area contributed by atoms with Gasteiger partial charge in [0.15, 0.2) is 0 Å². The smallest absolute Gasteiger partial charge is 0.248 e. The number of carbonyl (C=O) groups is 1. The maximum atomic E-state index is 12.0. The number of ether oxygens (including phenoxy) is 1. The third-order valence-electron chi connectivity index (χ3n) is 2.99. The minimum atomic E-state index is 0.153. The summed E-state index contributed by atoms with van der Waals surface area (Å²) in [6.07, 6.45) is 5.80. The van der Waals surface area contributed by atoms with Gasteiger partial charge in [0.1, 0.15) is 6.61 Å². The molecule has 1 amide bonds. The van der Waals surface area contributed by atoms with E-state index < -0.39 is 0 Å². The summed E-state index contributed by atoms with van der Waals surface area (Å²) < 4.78 is 5.32. The summed E-state index contributed by atoms with van der Waals surface area (Å²) in [5, 5.41) is 0.850. The molecule has 4 heteroatoms. The molecule has 1 aliphatic carbocycles. The van der Waals surface area contributed by atoms with Gasteiger partial charge in [-0.3, -0.25) is 4.79 Å². The molecule has 0 unspecified atom stereocenters. The Labute approximate surface area is 107 Å². The molecule has 1 aliphatic rings. The number of amides is 1. The first-order valence-corrected chi connectivity index (χ1v) is 7.35. The van der Waals surface area contributed by atoms with E-state index in [1.807, 2.05) is 4.90 Å². The fourth-order valence-corrected chi connectivity index (χ4v) is 2.59. The molecule has 0 heterocycles. The van der Waals surface area contributed by atoms with E-state index in [0.29, 0.717) is 12.6 Å². The molecular weight excluding hydrogens is 270 g/mol. The van der Waals surface area contributed by atoms with Gasteiger partial charge < -0.3 is 9.64 Å². The topological polar surface area (TPSA) is 29.5 Å². The van der Waals surface area contributed by atoms with Gasteiger partial charge in [-0.25, -0.2) is 0 Å². The van der Waals surface area contributed by atoms with Crippen molar-refractivity contribution in [2.45, 2.75) is 45.1 Å². The van der Waals surface area contributed by atoms with Crippen LogP contribution in [0.1, 0.15) is 39.0 Å². The van der Waals surface area contributed by atoms with Gasteiger partial charge in [-0.15, -0.1) is 0 Å². The highest BCUT2D eigenvalue weighted by Crippen LogP contribution is 2.23. The zero-order valence-electron chi connectivity index (χ0n) is 10.1. The van der Waals surface area contributed by atoms with Crippen LogP contribution in [0.3, 0.4) is 0 Å². The molecule has 0 N–H and O–H groups in total. The minimum Gasteiger partial charge on any atom is -0.372 e. The maximum Gasteiger partial charge on any atom is 0.248 e. The van der Waals surface area contributed by atoms with Crippen LogP contribution in [0.4, 0.5) is 0 Å². The van der Waals surface area contributed by atoms with Crippen LogP contribution in [0.15, 0.2) is 0 Å². The van der Waals surface area contributed by atoms with Crippen LogP contribution < -0.4 is 0 Å². The minimum absolute atomic E-state index is 0.153. The van der Waals surface area contributed by atoms with Crippen molar-refractivity contribution < 1.29 is 9.53 Å². The monoisotopic (exact) mass is 291 g/mol. The normalized spacial score (nSPS) is 16.6. The molecule has 94 valence electrons. The lowest BCUT2D eigenvalue weighted by molar-refractivity contribution is -0.138.